The Kier molecular flexibility index (Phi) is 11.2. The Hall–Kier alpha value is -3.52. The summed E-state index contributed by atoms with van der Waals surface area (Å²) in [4.78, 5) is 13.5. The Morgan fingerprint density at radius 2 is 1.64 bits per heavy atom. The molecule has 2 fully saturated rings. The molecule has 8 nitrogen and oxygen atoms in total. The molecule has 0 spiro atoms. The number of halogens is 4. The maximum atomic E-state index is 15.5. The van der Waals surface area contributed by atoms with E-state index in [4.69, 9.17) is 4.74 Å². The van der Waals surface area contributed by atoms with E-state index in [0.717, 1.165) is 12.1 Å². The number of piperazine rings is 1. The Morgan fingerprint density at radius 1 is 0.957 bits per heavy atom. The van der Waals surface area contributed by atoms with Crippen LogP contribution in [0, 0.1) is 23.3 Å². The number of benzene rings is 3. The molecule has 1 saturated carbocycles. The molecule has 3 N–H and O–H groups in total. The van der Waals surface area contributed by atoms with Gasteiger partial charge < -0.3 is 20.7 Å². The van der Waals surface area contributed by atoms with Crippen molar-refractivity contribution in [1.82, 2.24) is 9.62 Å². The van der Waals surface area contributed by atoms with Gasteiger partial charge in [-0.25, -0.2) is 26.0 Å². The lowest BCUT2D eigenvalue weighted by molar-refractivity contribution is -0.116. The predicted octanol–water partition coefficient (Wildman–Crippen LogP) is 5.40. The first-order valence-corrected chi connectivity index (χ1v) is 17.3. The maximum Gasteiger partial charge on any atom is 0.247 e. The summed E-state index contributed by atoms with van der Waals surface area (Å²) in [7, 11) is -3.59. The monoisotopic (exact) mass is 676 g/mol. The molecule has 254 valence electrons. The quantitative estimate of drug-likeness (QED) is 0.198. The molecule has 1 aliphatic carbocycles. The van der Waals surface area contributed by atoms with Crippen molar-refractivity contribution >= 4 is 27.3 Å². The van der Waals surface area contributed by atoms with Crippen LogP contribution in [0.3, 0.4) is 0 Å². The molecule has 0 bridgehead atoms. The third-order valence-corrected chi connectivity index (χ3v) is 10.8. The summed E-state index contributed by atoms with van der Waals surface area (Å²) in [6.07, 6.45) is 1.63. The molecule has 3 aromatic carbocycles. The Morgan fingerprint density at radius 3 is 2.30 bits per heavy atom. The van der Waals surface area contributed by atoms with E-state index in [-0.39, 0.29) is 36.8 Å². The first-order valence-electron chi connectivity index (χ1n) is 15.8. The number of anilines is 2. The zero-order chi connectivity index (χ0) is 33.7. The number of carbonyl (C=O) groups excluding carboxylic acids is 1. The number of carbonyl (C=O) groups is 1. The number of ether oxygens (including phenoxy) is 1. The smallest absolute Gasteiger partial charge is 0.247 e. The number of nitrogens with zero attached hydrogens (tertiary/aromatic N) is 1. The highest BCUT2D eigenvalue weighted by Gasteiger charge is 2.47. The molecule has 0 aromatic heterocycles. The lowest BCUT2D eigenvalue weighted by atomic mass is 9.99. The van der Waals surface area contributed by atoms with Gasteiger partial charge in [0.15, 0.2) is 0 Å². The molecule has 1 saturated heterocycles. The van der Waals surface area contributed by atoms with E-state index < -0.39 is 62.6 Å². The first kappa shape index (κ1) is 34.8. The van der Waals surface area contributed by atoms with Crippen LogP contribution in [0.25, 0.3) is 0 Å². The van der Waals surface area contributed by atoms with Gasteiger partial charge in [-0.05, 0) is 81.5 Å². The Bertz CT molecular complexity index is 1630. The number of amides is 1. The van der Waals surface area contributed by atoms with Gasteiger partial charge in [-0.1, -0.05) is 18.2 Å². The molecule has 1 heterocycles. The van der Waals surface area contributed by atoms with Crippen LogP contribution >= 0.6 is 0 Å². The second kappa shape index (κ2) is 15.1. The van der Waals surface area contributed by atoms with E-state index in [2.05, 4.69) is 16.0 Å². The topological polar surface area (TPSA) is 99.8 Å². The van der Waals surface area contributed by atoms with Crippen molar-refractivity contribution in [2.75, 3.05) is 30.3 Å². The minimum absolute atomic E-state index is 0.0390. The summed E-state index contributed by atoms with van der Waals surface area (Å²) in [6, 6.07) is 10.6. The van der Waals surface area contributed by atoms with Crippen molar-refractivity contribution in [2.45, 2.75) is 75.4 Å². The average Bonchev–Trinajstić information content (AvgIpc) is 3.86. The summed E-state index contributed by atoms with van der Waals surface area (Å²) in [5, 5.41) is 8.51. The van der Waals surface area contributed by atoms with E-state index in [9.17, 15) is 26.4 Å². The van der Waals surface area contributed by atoms with Crippen LogP contribution in [-0.2, 0) is 32.4 Å². The van der Waals surface area contributed by atoms with Crippen LogP contribution in [0.1, 0.15) is 44.2 Å². The fraction of sp³-hybridized carbons (Fsp3) is 0.441. The van der Waals surface area contributed by atoms with Gasteiger partial charge in [0.1, 0.15) is 29.3 Å². The summed E-state index contributed by atoms with van der Waals surface area (Å²) in [6.45, 7) is 4.84. The fourth-order valence-electron chi connectivity index (χ4n) is 5.88. The van der Waals surface area contributed by atoms with E-state index in [1.165, 1.54) is 36.4 Å². The minimum Gasteiger partial charge on any atom is -0.377 e. The highest BCUT2D eigenvalue weighted by molar-refractivity contribution is 7.90. The van der Waals surface area contributed by atoms with Gasteiger partial charge in [0.2, 0.25) is 15.9 Å². The van der Waals surface area contributed by atoms with Crippen molar-refractivity contribution in [2.24, 2.45) is 0 Å². The standard InChI is InChI=1S/C34H40F4N4O4S/c1-21(2)46-20-28-19-39-18-27(42(28)47(44,45)29-11-12-29)10-13-30-31(38)4-3-5-32(30)41-33(14-22-6-8-23(35)9-7-22)34(43)40-26-16-24(36)15-25(37)17-26/h3-9,15-17,21,27-29,33,39,41H,10-14,18-20H2,1-2H3,(H,40,43)/t27-,28-,33-/m0/s1. The molecule has 3 atom stereocenters. The summed E-state index contributed by atoms with van der Waals surface area (Å²) >= 11 is 0. The van der Waals surface area contributed by atoms with Crippen LogP contribution in [0.5, 0.6) is 0 Å². The largest absolute Gasteiger partial charge is 0.377 e. The lowest BCUT2D eigenvalue weighted by Crippen LogP contribution is -2.61. The van der Waals surface area contributed by atoms with E-state index >= 15 is 4.39 Å². The fourth-order valence-corrected chi connectivity index (χ4v) is 8.10. The van der Waals surface area contributed by atoms with Crippen molar-refractivity contribution < 1.29 is 35.5 Å². The molecular formula is C34H40F4N4O4S. The summed E-state index contributed by atoms with van der Waals surface area (Å²) in [5.74, 6) is -3.39. The van der Waals surface area contributed by atoms with Gasteiger partial charge in [-0.2, -0.15) is 4.31 Å². The average molecular weight is 677 g/mol. The van der Waals surface area contributed by atoms with Gasteiger partial charge in [0.05, 0.1) is 24.0 Å². The van der Waals surface area contributed by atoms with E-state index in [1.807, 2.05) is 13.8 Å². The second-order valence-electron chi connectivity index (χ2n) is 12.4. The van der Waals surface area contributed by atoms with E-state index in [0.29, 0.717) is 49.7 Å². The molecule has 0 unspecified atom stereocenters. The van der Waals surface area contributed by atoms with Crippen LogP contribution in [0.4, 0.5) is 28.9 Å². The summed E-state index contributed by atoms with van der Waals surface area (Å²) < 4.78 is 91.4. The lowest BCUT2D eigenvalue weighted by Gasteiger charge is -2.42. The molecule has 1 aliphatic heterocycles. The van der Waals surface area contributed by atoms with Gasteiger partial charge in [0.25, 0.3) is 0 Å². The molecule has 3 aromatic rings. The molecule has 2 aliphatic rings. The van der Waals surface area contributed by atoms with Crippen molar-refractivity contribution in [3.05, 3.63) is 95.1 Å². The van der Waals surface area contributed by atoms with Crippen LogP contribution in [-0.4, -0.2) is 67.8 Å². The summed E-state index contributed by atoms with van der Waals surface area (Å²) in [5.41, 5.74) is 1.05. The second-order valence-corrected chi connectivity index (χ2v) is 14.5. The third kappa shape index (κ3) is 9.10. The SMILES string of the molecule is CC(C)OC[C@@H]1CNC[C@H](CCc2c(F)cccc2N[C@@H](Cc2ccc(F)cc2)C(=O)Nc2cc(F)cc(F)c2)N1S(=O)(=O)C1CC1. The van der Waals surface area contributed by atoms with Gasteiger partial charge in [-0.3, -0.25) is 4.79 Å². The molecule has 5 rings (SSSR count). The normalized spacial score (nSPS) is 19.5. The van der Waals surface area contributed by atoms with Crippen LogP contribution in [0.2, 0.25) is 0 Å². The number of hydrogen-bond acceptors (Lipinski definition) is 6. The molecule has 13 heteroatoms. The highest BCUT2D eigenvalue weighted by Crippen LogP contribution is 2.35. The number of sulfonamides is 1. The van der Waals surface area contributed by atoms with Crippen molar-refractivity contribution in [1.29, 1.82) is 0 Å². The number of rotatable bonds is 14. The van der Waals surface area contributed by atoms with Crippen LogP contribution in [0.15, 0.2) is 60.7 Å². The number of hydrogen-bond donors (Lipinski definition) is 3. The van der Waals surface area contributed by atoms with Gasteiger partial charge in [0, 0.05) is 48.6 Å². The molecule has 1 amide bonds. The highest BCUT2D eigenvalue weighted by atomic mass is 32.2. The molecule has 0 radical (unpaired) electrons. The zero-order valence-corrected chi connectivity index (χ0v) is 27.1. The Labute approximate surface area is 272 Å². The van der Waals surface area contributed by atoms with E-state index in [1.54, 1.807) is 10.4 Å². The zero-order valence-electron chi connectivity index (χ0n) is 26.3. The molecular weight excluding hydrogens is 636 g/mol. The van der Waals surface area contributed by atoms with Crippen LogP contribution < -0.4 is 16.0 Å². The first-order chi connectivity index (χ1) is 22.4. The predicted molar refractivity (Wildman–Crippen MR) is 173 cm³/mol. The minimum atomic E-state index is -3.59. The maximum absolute atomic E-state index is 15.5. The number of nitrogens with one attached hydrogen (secondary N) is 3. The molecule has 47 heavy (non-hydrogen) atoms. The van der Waals surface area contributed by atoms with Gasteiger partial charge in [-0.15, -0.1) is 0 Å². The van der Waals surface area contributed by atoms with Crippen molar-refractivity contribution in [3.63, 3.8) is 0 Å². The van der Waals surface area contributed by atoms with Gasteiger partial charge >= 0.3 is 0 Å². The Balaban J connectivity index is 1.39. The third-order valence-electron chi connectivity index (χ3n) is 8.32. The van der Waals surface area contributed by atoms with Crippen molar-refractivity contribution in [3.8, 4) is 0 Å².